The molecule has 0 saturated heterocycles. The maximum atomic E-state index is 11.6. The fourth-order valence-corrected chi connectivity index (χ4v) is 1.47. The lowest BCUT2D eigenvalue weighted by molar-refractivity contribution is -0.121. The molecular weight excluding hydrogens is 242 g/mol. The Balaban J connectivity index is 1.65. The third kappa shape index (κ3) is 4.71. The first kappa shape index (κ1) is 12.9. The van der Waals surface area contributed by atoms with Crippen LogP contribution in [-0.2, 0) is 11.3 Å². The predicted molar refractivity (Wildman–Crippen MR) is 71.2 cm³/mol. The third-order valence-corrected chi connectivity index (χ3v) is 2.44. The van der Waals surface area contributed by atoms with Crippen LogP contribution in [0.5, 0.6) is 0 Å². The molecule has 0 spiro atoms. The number of pyridine rings is 1. The van der Waals surface area contributed by atoms with Crippen molar-refractivity contribution in [2.75, 3.05) is 11.9 Å². The summed E-state index contributed by atoms with van der Waals surface area (Å²) in [5.41, 5.74) is 1.03. The molecule has 0 unspecified atom stereocenters. The first-order valence-electron chi connectivity index (χ1n) is 6.01. The maximum absolute atomic E-state index is 11.6. The van der Waals surface area contributed by atoms with Gasteiger partial charge < -0.3 is 10.6 Å². The van der Waals surface area contributed by atoms with Gasteiger partial charge in [-0.2, -0.15) is 0 Å². The van der Waals surface area contributed by atoms with Crippen molar-refractivity contribution < 1.29 is 4.79 Å². The summed E-state index contributed by atoms with van der Waals surface area (Å²) < 4.78 is 0. The van der Waals surface area contributed by atoms with Crippen molar-refractivity contribution in [3.63, 3.8) is 0 Å². The van der Waals surface area contributed by atoms with Crippen molar-refractivity contribution >= 4 is 11.9 Å². The molecule has 2 aromatic rings. The average Bonchev–Trinajstić information content (AvgIpc) is 2.47. The van der Waals surface area contributed by atoms with Crippen LogP contribution in [0.1, 0.15) is 12.0 Å². The second-order valence-electron chi connectivity index (χ2n) is 3.88. The van der Waals surface area contributed by atoms with Crippen LogP contribution in [-0.4, -0.2) is 27.4 Å². The first-order chi connectivity index (χ1) is 9.34. The molecule has 0 atom stereocenters. The number of hydrogen-bond acceptors (Lipinski definition) is 5. The second-order valence-corrected chi connectivity index (χ2v) is 3.88. The molecule has 98 valence electrons. The van der Waals surface area contributed by atoms with Gasteiger partial charge in [-0.15, -0.1) is 0 Å². The third-order valence-electron chi connectivity index (χ3n) is 2.44. The van der Waals surface area contributed by atoms with Crippen LogP contribution in [0.25, 0.3) is 0 Å². The zero-order valence-corrected chi connectivity index (χ0v) is 10.4. The van der Waals surface area contributed by atoms with Gasteiger partial charge in [0.25, 0.3) is 0 Å². The van der Waals surface area contributed by atoms with Crippen LogP contribution < -0.4 is 10.6 Å². The quantitative estimate of drug-likeness (QED) is 0.806. The summed E-state index contributed by atoms with van der Waals surface area (Å²) >= 11 is 0. The van der Waals surface area contributed by atoms with Crippen LogP contribution in [0.3, 0.4) is 0 Å². The summed E-state index contributed by atoms with van der Waals surface area (Å²) in [5.74, 6) is 0.518. The van der Waals surface area contributed by atoms with E-state index in [1.54, 1.807) is 30.9 Å². The molecule has 0 saturated carbocycles. The Hall–Kier alpha value is -2.50. The molecule has 0 aromatic carbocycles. The normalized spacial score (nSPS) is 9.89. The lowest BCUT2D eigenvalue weighted by atomic mass is 10.2. The van der Waals surface area contributed by atoms with E-state index in [2.05, 4.69) is 25.6 Å². The molecule has 0 bridgehead atoms. The SMILES string of the molecule is O=C(CCNc1ncccn1)NCc1ccncc1. The van der Waals surface area contributed by atoms with E-state index in [0.29, 0.717) is 25.5 Å². The lowest BCUT2D eigenvalue weighted by Gasteiger charge is -2.06. The fourth-order valence-electron chi connectivity index (χ4n) is 1.47. The number of nitrogens with zero attached hydrogens (tertiary/aromatic N) is 3. The van der Waals surface area contributed by atoms with Crippen LogP contribution in [0.4, 0.5) is 5.95 Å². The molecule has 0 aliphatic carbocycles. The van der Waals surface area contributed by atoms with Crippen LogP contribution in [0.2, 0.25) is 0 Å². The summed E-state index contributed by atoms with van der Waals surface area (Å²) in [6, 6.07) is 5.49. The zero-order chi connectivity index (χ0) is 13.3. The molecule has 0 aliphatic heterocycles. The number of hydrogen-bond donors (Lipinski definition) is 2. The van der Waals surface area contributed by atoms with Crippen LogP contribution in [0.15, 0.2) is 43.0 Å². The molecule has 19 heavy (non-hydrogen) atoms. The molecule has 2 aromatic heterocycles. The number of aromatic nitrogens is 3. The van der Waals surface area contributed by atoms with Crippen molar-refractivity contribution in [2.24, 2.45) is 0 Å². The van der Waals surface area contributed by atoms with Gasteiger partial charge in [-0.25, -0.2) is 9.97 Å². The molecular formula is C13H15N5O. The number of carbonyl (C=O) groups excluding carboxylic acids is 1. The highest BCUT2D eigenvalue weighted by atomic mass is 16.1. The Morgan fingerprint density at radius 1 is 1.11 bits per heavy atom. The molecule has 0 fully saturated rings. The lowest BCUT2D eigenvalue weighted by Crippen LogP contribution is -2.25. The van der Waals surface area contributed by atoms with Gasteiger partial charge in [0.05, 0.1) is 0 Å². The Kier molecular flexibility index (Phi) is 4.80. The minimum absolute atomic E-state index is 0.0137. The van der Waals surface area contributed by atoms with Gasteiger partial charge in [0.15, 0.2) is 0 Å². The van der Waals surface area contributed by atoms with E-state index in [-0.39, 0.29) is 5.91 Å². The van der Waals surface area contributed by atoms with E-state index in [1.165, 1.54) is 0 Å². The van der Waals surface area contributed by atoms with Gasteiger partial charge in [0.2, 0.25) is 11.9 Å². The first-order valence-corrected chi connectivity index (χ1v) is 6.01. The minimum Gasteiger partial charge on any atom is -0.354 e. The standard InChI is InChI=1S/C13H15N5O/c19-12(18-10-11-2-7-14-8-3-11)4-9-17-13-15-5-1-6-16-13/h1-3,5-8H,4,9-10H2,(H,18,19)(H,15,16,17). The molecule has 2 heterocycles. The number of anilines is 1. The highest BCUT2D eigenvalue weighted by Gasteiger charge is 2.01. The second kappa shape index (κ2) is 7.05. The molecule has 6 nitrogen and oxygen atoms in total. The smallest absolute Gasteiger partial charge is 0.222 e. The van der Waals surface area contributed by atoms with E-state index in [4.69, 9.17) is 0 Å². The Bertz CT molecular complexity index is 503. The molecule has 6 heteroatoms. The highest BCUT2D eigenvalue weighted by Crippen LogP contribution is 1.96. The van der Waals surface area contributed by atoms with Gasteiger partial charge >= 0.3 is 0 Å². The molecule has 2 rings (SSSR count). The molecule has 0 aliphatic rings. The van der Waals surface area contributed by atoms with Crippen LogP contribution in [0, 0.1) is 0 Å². The summed E-state index contributed by atoms with van der Waals surface area (Å²) in [4.78, 5) is 23.5. The molecule has 0 radical (unpaired) electrons. The molecule has 2 N–H and O–H groups in total. The maximum Gasteiger partial charge on any atom is 0.222 e. The fraction of sp³-hybridized carbons (Fsp3) is 0.231. The monoisotopic (exact) mass is 257 g/mol. The van der Waals surface area contributed by atoms with Gasteiger partial charge in [-0.3, -0.25) is 9.78 Å². The van der Waals surface area contributed by atoms with Gasteiger partial charge in [0, 0.05) is 44.3 Å². The van der Waals surface area contributed by atoms with Gasteiger partial charge in [-0.05, 0) is 23.8 Å². The zero-order valence-electron chi connectivity index (χ0n) is 10.4. The number of carbonyl (C=O) groups is 1. The largest absolute Gasteiger partial charge is 0.354 e. The van der Waals surface area contributed by atoms with E-state index < -0.39 is 0 Å². The number of amides is 1. The average molecular weight is 257 g/mol. The summed E-state index contributed by atoms with van der Waals surface area (Å²) in [5, 5.41) is 5.82. The van der Waals surface area contributed by atoms with Crippen molar-refractivity contribution in [1.29, 1.82) is 0 Å². The minimum atomic E-state index is -0.0137. The van der Waals surface area contributed by atoms with Crippen molar-refractivity contribution in [3.8, 4) is 0 Å². The number of rotatable bonds is 6. The predicted octanol–water partition coefficient (Wildman–Crippen LogP) is 0.990. The van der Waals surface area contributed by atoms with Gasteiger partial charge in [-0.1, -0.05) is 0 Å². The Labute approximate surface area is 111 Å². The number of nitrogens with one attached hydrogen (secondary N) is 2. The van der Waals surface area contributed by atoms with E-state index in [0.717, 1.165) is 5.56 Å². The molecule has 1 amide bonds. The Morgan fingerprint density at radius 3 is 2.58 bits per heavy atom. The summed E-state index contributed by atoms with van der Waals surface area (Å²) in [7, 11) is 0. The van der Waals surface area contributed by atoms with E-state index in [1.807, 2.05) is 12.1 Å². The van der Waals surface area contributed by atoms with E-state index in [9.17, 15) is 4.79 Å². The Morgan fingerprint density at radius 2 is 1.84 bits per heavy atom. The van der Waals surface area contributed by atoms with Crippen LogP contribution >= 0.6 is 0 Å². The summed E-state index contributed by atoms with van der Waals surface area (Å²) in [6.07, 6.45) is 7.09. The highest BCUT2D eigenvalue weighted by molar-refractivity contribution is 5.76. The van der Waals surface area contributed by atoms with Crippen molar-refractivity contribution in [3.05, 3.63) is 48.5 Å². The van der Waals surface area contributed by atoms with Crippen molar-refractivity contribution in [2.45, 2.75) is 13.0 Å². The van der Waals surface area contributed by atoms with E-state index >= 15 is 0 Å². The summed E-state index contributed by atoms with van der Waals surface area (Å²) in [6.45, 7) is 1.02. The van der Waals surface area contributed by atoms with Gasteiger partial charge in [0.1, 0.15) is 0 Å². The van der Waals surface area contributed by atoms with Crippen molar-refractivity contribution in [1.82, 2.24) is 20.3 Å². The topological polar surface area (TPSA) is 79.8 Å².